The SMILES string of the molecule is COC(=O)c1cccc(NC(=S)Nc2ccc(S(N)(=O)=O)cc2)c1. The summed E-state index contributed by atoms with van der Waals surface area (Å²) in [5.74, 6) is -0.448. The minimum absolute atomic E-state index is 0.0118. The fourth-order valence-electron chi connectivity index (χ4n) is 1.86. The van der Waals surface area contributed by atoms with E-state index in [4.69, 9.17) is 17.4 Å². The molecular formula is C15H15N3O4S2. The number of esters is 1. The van der Waals surface area contributed by atoms with Crippen LogP contribution in [0.2, 0.25) is 0 Å². The number of carbonyl (C=O) groups is 1. The Morgan fingerprint density at radius 3 is 2.29 bits per heavy atom. The minimum atomic E-state index is -3.73. The first-order chi connectivity index (χ1) is 11.3. The third-order valence-corrected chi connectivity index (χ3v) is 4.12. The van der Waals surface area contributed by atoms with E-state index in [9.17, 15) is 13.2 Å². The highest BCUT2D eigenvalue weighted by molar-refractivity contribution is 7.89. The molecule has 7 nitrogen and oxygen atoms in total. The number of hydrogen-bond donors (Lipinski definition) is 3. The van der Waals surface area contributed by atoms with E-state index in [0.29, 0.717) is 16.9 Å². The highest BCUT2D eigenvalue weighted by Crippen LogP contribution is 2.15. The van der Waals surface area contributed by atoms with Gasteiger partial charge < -0.3 is 15.4 Å². The Bertz CT molecular complexity index is 865. The predicted molar refractivity (Wildman–Crippen MR) is 95.4 cm³/mol. The number of methoxy groups -OCH3 is 1. The van der Waals surface area contributed by atoms with Crippen LogP contribution in [-0.4, -0.2) is 26.6 Å². The Balaban J connectivity index is 2.04. The van der Waals surface area contributed by atoms with Crippen LogP contribution in [0, 0.1) is 0 Å². The number of nitrogens with one attached hydrogen (secondary N) is 2. The summed E-state index contributed by atoms with van der Waals surface area (Å²) in [6.45, 7) is 0. The first kappa shape index (κ1) is 17.9. The van der Waals surface area contributed by atoms with Gasteiger partial charge in [-0.1, -0.05) is 6.07 Å². The normalized spacial score (nSPS) is 10.8. The monoisotopic (exact) mass is 365 g/mol. The fourth-order valence-corrected chi connectivity index (χ4v) is 2.61. The molecule has 126 valence electrons. The highest BCUT2D eigenvalue weighted by Gasteiger charge is 2.08. The lowest BCUT2D eigenvalue weighted by Gasteiger charge is -2.11. The lowest BCUT2D eigenvalue weighted by atomic mass is 10.2. The largest absolute Gasteiger partial charge is 0.465 e. The van der Waals surface area contributed by atoms with Gasteiger partial charge in [-0.05, 0) is 54.7 Å². The van der Waals surface area contributed by atoms with Gasteiger partial charge in [-0.3, -0.25) is 0 Å². The van der Waals surface area contributed by atoms with Crippen molar-refractivity contribution in [1.82, 2.24) is 0 Å². The highest BCUT2D eigenvalue weighted by atomic mass is 32.2. The van der Waals surface area contributed by atoms with Crippen LogP contribution < -0.4 is 15.8 Å². The average molecular weight is 365 g/mol. The van der Waals surface area contributed by atoms with Crippen LogP contribution in [0.5, 0.6) is 0 Å². The second-order valence-corrected chi connectivity index (χ2v) is 6.69. The molecule has 0 unspecified atom stereocenters. The second kappa shape index (κ2) is 7.39. The number of anilines is 2. The van der Waals surface area contributed by atoms with Crippen molar-refractivity contribution < 1.29 is 17.9 Å². The molecule has 0 amide bonds. The lowest BCUT2D eigenvalue weighted by Crippen LogP contribution is -2.19. The van der Waals surface area contributed by atoms with Crippen LogP contribution in [0.25, 0.3) is 0 Å². The minimum Gasteiger partial charge on any atom is -0.465 e. The number of rotatable bonds is 4. The molecule has 4 N–H and O–H groups in total. The summed E-state index contributed by atoms with van der Waals surface area (Å²) in [7, 11) is -2.43. The van der Waals surface area contributed by atoms with Gasteiger partial charge in [0.15, 0.2) is 5.11 Å². The van der Waals surface area contributed by atoms with Crippen molar-refractivity contribution in [2.45, 2.75) is 4.90 Å². The van der Waals surface area contributed by atoms with Gasteiger partial charge in [0, 0.05) is 11.4 Å². The summed E-state index contributed by atoms with van der Waals surface area (Å²) >= 11 is 5.18. The lowest BCUT2D eigenvalue weighted by molar-refractivity contribution is 0.0601. The van der Waals surface area contributed by atoms with E-state index in [2.05, 4.69) is 15.4 Å². The topological polar surface area (TPSA) is 111 Å². The van der Waals surface area contributed by atoms with Gasteiger partial charge in [-0.25, -0.2) is 18.4 Å². The number of hydrogen-bond acceptors (Lipinski definition) is 5. The number of sulfonamides is 1. The Morgan fingerprint density at radius 1 is 1.08 bits per heavy atom. The third kappa shape index (κ3) is 4.75. The standard InChI is InChI=1S/C15H15N3O4S2/c1-22-14(19)10-3-2-4-12(9-10)18-15(23)17-11-5-7-13(8-6-11)24(16,20)21/h2-9H,1H3,(H2,16,20,21)(H2,17,18,23). The summed E-state index contributed by atoms with van der Waals surface area (Å²) in [6, 6.07) is 12.5. The molecule has 0 bridgehead atoms. The van der Waals surface area contributed by atoms with E-state index in [1.807, 2.05) is 0 Å². The Morgan fingerprint density at radius 2 is 1.71 bits per heavy atom. The van der Waals surface area contributed by atoms with Crippen LogP contribution in [0.1, 0.15) is 10.4 Å². The Kier molecular flexibility index (Phi) is 5.50. The van der Waals surface area contributed by atoms with Crippen molar-refractivity contribution in [2.75, 3.05) is 17.7 Å². The molecule has 2 rings (SSSR count). The zero-order valence-electron chi connectivity index (χ0n) is 12.6. The molecule has 24 heavy (non-hydrogen) atoms. The van der Waals surface area contributed by atoms with Gasteiger partial charge in [0.1, 0.15) is 0 Å². The van der Waals surface area contributed by atoms with E-state index in [1.165, 1.54) is 19.2 Å². The molecule has 0 aliphatic carbocycles. The molecule has 0 heterocycles. The summed E-state index contributed by atoms with van der Waals surface area (Å²) < 4.78 is 27.1. The van der Waals surface area contributed by atoms with Gasteiger partial charge in [-0.15, -0.1) is 0 Å². The Labute approximate surface area is 144 Å². The fraction of sp³-hybridized carbons (Fsp3) is 0.0667. The third-order valence-electron chi connectivity index (χ3n) is 2.98. The van der Waals surface area contributed by atoms with Gasteiger partial charge in [-0.2, -0.15) is 0 Å². The first-order valence-electron chi connectivity index (χ1n) is 6.69. The zero-order valence-corrected chi connectivity index (χ0v) is 14.3. The number of ether oxygens (including phenoxy) is 1. The van der Waals surface area contributed by atoms with E-state index in [1.54, 1.807) is 36.4 Å². The summed E-state index contributed by atoms with van der Waals surface area (Å²) in [4.78, 5) is 11.5. The maximum Gasteiger partial charge on any atom is 0.337 e. The van der Waals surface area contributed by atoms with Crippen molar-refractivity contribution in [3.05, 3.63) is 54.1 Å². The molecule has 9 heteroatoms. The molecule has 0 fully saturated rings. The number of nitrogens with two attached hydrogens (primary N) is 1. The molecule has 0 radical (unpaired) electrons. The van der Waals surface area contributed by atoms with Crippen molar-refractivity contribution in [3.8, 4) is 0 Å². The molecule has 2 aromatic carbocycles. The zero-order chi connectivity index (χ0) is 17.7. The molecule has 0 aliphatic rings. The molecule has 2 aromatic rings. The predicted octanol–water partition coefficient (Wildman–Crippen LogP) is 1.93. The van der Waals surface area contributed by atoms with E-state index in [-0.39, 0.29) is 10.0 Å². The summed E-state index contributed by atoms with van der Waals surface area (Å²) in [5.41, 5.74) is 1.59. The Hall–Kier alpha value is -2.49. The van der Waals surface area contributed by atoms with Crippen LogP contribution >= 0.6 is 12.2 Å². The van der Waals surface area contributed by atoms with Gasteiger partial charge in [0.2, 0.25) is 10.0 Å². The number of benzene rings is 2. The molecule has 0 saturated carbocycles. The van der Waals surface area contributed by atoms with Crippen LogP contribution in [-0.2, 0) is 14.8 Å². The van der Waals surface area contributed by atoms with E-state index in [0.717, 1.165) is 0 Å². The number of primary sulfonamides is 1. The van der Waals surface area contributed by atoms with Crippen LogP contribution in [0.3, 0.4) is 0 Å². The van der Waals surface area contributed by atoms with Gasteiger partial charge in [0.05, 0.1) is 17.6 Å². The first-order valence-corrected chi connectivity index (χ1v) is 8.64. The van der Waals surface area contributed by atoms with E-state index >= 15 is 0 Å². The van der Waals surface area contributed by atoms with Crippen molar-refractivity contribution in [3.63, 3.8) is 0 Å². The number of thiocarbonyl (C=S) groups is 1. The molecule has 0 spiro atoms. The molecular weight excluding hydrogens is 350 g/mol. The van der Waals surface area contributed by atoms with Gasteiger partial charge >= 0.3 is 5.97 Å². The molecule has 0 aromatic heterocycles. The van der Waals surface area contributed by atoms with Gasteiger partial charge in [0.25, 0.3) is 0 Å². The van der Waals surface area contributed by atoms with Crippen LogP contribution in [0.4, 0.5) is 11.4 Å². The number of carbonyl (C=O) groups excluding carboxylic acids is 1. The summed E-state index contributed by atoms with van der Waals surface area (Å²) in [6.07, 6.45) is 0. The molecule has 0 atom stereocenters. The maximum atomic E-state index is 11.5. The van der Waals surface area contributed by atoms with Crippen molar-refractivity contribution >= 4 is 44.7 Å². The summed E-state index contributed by atoms with van der Waals surface area (Å²) in [5, 5.41) is 11.1. The van der Waals surface area contributed by atoms with Crippen LogP contribution in [0.15, 0.2) is 53.4 Å². The maximum absolute atomic E-state index is 11.5. The smallest absolute Gasteiger partial charge is 0.337 e. The quantitative estimate of drug-likeness (QED) is 0.561. The molecule has 0 aliphatic heterocycles. The second-order valence-electron chi connectivity index (χ2n) is 4.72. The molecule has 0 saturated heterocycles. The van der Waals surface area contributed by atoms with E-state index < -0.39 is 16.0 Å². The average Bonchev–Trinajstić information content (AvgIpc) is 2.54. The van der Waals surface area contributed by atoms with Crippen molar-refractivity contribution in [1.29, 1.82) is 0 Å². The van der Waals surface area contributed by atoms with Crippen molar-refractivity contribution in [2.24, 2.45) is 5.14 Å².